The molecule has 2 rings (SSSR count). The van der Waals surface area contributed by atoms with Crippen LogP contribution < -0.4 is 10.6 Å². The van der Waals surface area contributed by atoms with Gasteiger partial charge in [0.15, 0.2) is 0 Å². The molecule has 3 N–H and O–H groups in total. The lowest BCUT2D eigenvalue weighted by atomic mass is 9.93. The second kappa shape index (κ2) is 2.92. The number of rotatable bonds is 1. The highest BCUT2D eigenvalue weighted by Gasteiger charge is 2.51. The molecule has 0 aromatic carbocycles. The number of carbonyl (C=O) groups is 3. The molecule has 78 valence electrons. The molecular formula is C8H6N2O5. The van der Waals surface area contributed by atoms with Crippen molar-refractivity contribution in [2.45, 2.75) is 5.60 Å². The molecule has 0 spiro atoms. The van der Waals surface area contributed by atoms with E-state index in [-0.39, 0.29) is 5.56 Å². The van der Waals surface area contributed by atoms with Crippen molar-refractivity contribution in [1.29, 1.82) is 0 Å². The molecule has 0 unspecified atom stereocenters. The van der Waals surface area contributed by atoms with Crippen molar-refractivity contribution >= 4 is 17.8 Å². The molecule has 2 heterocycles. The first-order chi connectivity index (χ1) is 7.05. The van der Waals surface area contributed by atoms with E-state index in [9.17, 15) is 19.5 Å². The van der Waals surface area contributed by atoms with Gasteiger partial charge >= 0.3 is 6.03 Å². The number of hydrogen-bond acceptors (Lipinski definition) is 5. The average Bonchev–Trinajstić information content (AvgIpc) is 2.66. The van der Waals surface area contributed by atoms with Gasteiger partial charge < -0.3 is 9.52 Å². The summed E-state index contributed by atoms with van der Waals surface area (Å²) in [5, 5.41) is 13.4. The van der Waals surface area contributed by atoms with Gasteiger partial charge in [0.2, 0.25) is 0 Å². The molecule has 7 heteroatoms. The normalized spacial score (nSPS) is 19.7. The van der Waals surface area contributed by atoms with E-state index in [4.69, 9.17) is 0 Å². The largest absolute Gasteiger partial charge is 0.472 e. The van der Waals surface area contributed by atoms with Crippen LogP contribution in [-0.2, 0) is 15.2 Å². The van der Waals surface area contributed by atoms with Crippen molar-refractivity contribution in [3.63, 3.8) is 0 Å². The van der Waals surface area contributed by atoms with Gasteiger partial charge in [-0.3, -0.25) is 20.2 Å². The fourth-order valence-electron chi connectivity index (χ4n) is 1.25. The van der Waals surface area contributed by atoms with E-state index >= 15 is 0 Å². The highest BCUT2D eigenvalue weighted by molar-refractivity contribution is 6.21. The molecule has 1 fully saturated rings. The Kier molecular flexibility index (Phi) is 1.83. The number of hydrogen-bond donors (Lipinski definition) is 3. The van der Waals surface area contributed by atoms with Crippen LogP contribution in [0.5, 0.6) is 0 Å². The standard InChI is InChI=1S/C8H6N2O5/c11-5-8(14,4-1-2-15-3-4)6(12)10-7(13)9-5/h1-3,14H,(H2,9,10,11,12,13). The van der Waals surface area contributed by atoms with Gasteiger partial charge in [-0.1, -0.05) is 0 Å². The Labute approximate surface area is 83.1 Å². The van der Waals surface area contributed by atoms with Crippen molar-refractivity contribution in [2.24, 2.45) is 0 Å². The van der Waals surface area contributed by atoms with Crippen molar-refractivity contribution in [2.75, 3.05) is 0 Å². The minimum atomic E-state index is -2.42. The maximum Gasteiger partial charge on any atom is 0.328 e. The van der Waals surface area contributed by atoms with Crippen LogP contribution in [0.3, 0.4) is 0 Å². The van der Waals surface area contributed by atoms with Crippen LogP contribution in [0.1, 0.15) is 5.56 Å². The van der Waals surface area contributed by atoms with E-state index in [1.165, 1.54) is 12.3 Å². The molecule has 1 saturated heterocycles. The fourth-order valence-corrected chi connectivity index (χ4v) is 1.25. The molecule has 0 bridgehead atoms. The molecule has 0 atom stereocenters. The van der Waals surface area contributed by atoms with Crippen LogP contribution in [0.4, 0.5) is 4.79 Å². The van der Waals surface area contributed by atoms with E-state index in [1.807, 2.05) is 0 Å². The van der Waals surface area contributed by atoms with Crippen molar-refractivity contribution in [3.8, 4) is 0 Å². The van der Waals surface area contributed by atoms with Crippen LogP contribution in [-0.4, -0.2) is 23.0 Å². The lowest BCUT2D eigenvalue weighted by Crippen LogP contribution is -2.64. The van der Waals surface area contributed by atoms with Crippen molar-refractivity contribution in [1.82, 2.24) is 10.6 Å². The van der Waals surface area contributed by atoms with E-state index in [0.29, 0.717) is 0 Å². The average molecular weight is 210 g/mol. The third-order valence-electron chi connectivity index (χ3n) is 2.05. The van der Waals surface area contributed by atoms with Crippen LogP contribution in [0, 0.1) is 0 Å². The summed E-state index contributed by atoms with van der Waals surface area (Å²) in [4.78, 5) is 33.4. The number of barbiturate groups is 1. The van der Waals surface area contributed by atoms with Crippen molar-refractivity contribution in [3.05, 3.63) is 24.2 Å². The van der Waals surface area contributed by atoms with Gasteiger partial charge in [0, 0.05) is 5.56 Å². The number of nitrogens with one attached hydrogen (secondary N) is 2. The molecule has 0 aliphatic carbocycles. The third kappa shape index (κ3) is 1.21. The van der Waals surface area contributed by atoms with Gasteiger partial charge in [0.1, 0.15) is 0 Å². The Morgan fingerprint density at radius 3 is 2.27 bits per heavy atom. The number of amides is 4. The fraction of sp³-hybridized carbons (Fsp3) is 0.125. The molecule has 0 radical (unpaired) electrons. The Hall–Kier alpha value is -2.15. The molecule has 1 aliphatic rings. The zero-order valence-corrected chi connectivity index (χ0v) is 7.31. The van der Waals surface area contributed by atoms with Gasteiger partial charge in [-0.05, 0) is 6.07 Å². The molecule has 0 saturated carbocycles. The Balaban J connectivity index is 2.46. The lowest BCUT2D eigenvalue weighted by Gasteiger charge is -2.27. The Morgan fingerprint density at radius 2 is 1.80 bits per heavy atom. The summed E-state index contributed by atoms with van der Waals surface area (Å²) < 4.78 is 4.65. The highest BCUT2D eigenvalue weighted by Crippen LogP contribution is 2.23. The summed E-state index contributed by atoms with van der Waals surface area (Å²) in [5.74, 6) is -2.20. The van der Waals surface area contributed by atoms with Gasteiger partial charge in [0.05, 0.1) is 12.5 Å². The van der Waals surface area contributed by atoms with E-state index in [2.05, 4.69) is 4.42 Å². The van der Waals surface area contributed by atoms with Gasteiger partial charge in [-0.25, -0.2) is 4.79 Å². The molecule has 1 aliphatic heterocycles. The molecule has 1 aromatic heterocycles. The van der Waals surface area contributed by atoms with Gasteiger partial charge in [-0.15, -0.1) is 0 Å². The second-order valence-electron chi connectivity index (χ2n) is 2.96. The Bertz CT molecular complexity index is 416. The minimum absolute atomic E-state index is 0.0370. The first kappa shape index (κ1) is 9.41. The maximum atomic E-state index is 11.4. The first-order valence-electron chi connectivity index (χ1n) is 3.97. The van der Waals surface area contributed by atoms with Crippen LogP contribution in [0.2, 0.25) is 0 Å². The predicted molar refractivity (Wildman–Crippen MR) is 44.3 cm³/mol. The summed E-state index contributed by atoms with van der Waals surface area (Å²) >= 11 is 0. The summed E-state index contributed by atoms with van der Waals surface area (Å²) in [5.41, 5.74) is -2.45. The summed E-state index contributed by atoms with van der Waals surface area (Å²) in [7, 11) is 0. The molecule has 7 nitrogen and oxygen atoms in total. The smallest absolute Gasteiger partial charge is 0.328 e. The van der Waals surface area contributed by atoms with E-state index in [0.717, 1.165) is 6.26 Å². The molecule has 4 amide bonds. The summed E-state index contributed by atoms with van der Waals surface area (Å²) in [6.45, 7) is 0. The molecule has 1 aromatic rings. The number of imide groups is 2. The number of furan rings is 1. The Morgan fingerprint density at radius 1 is 1.20 bits per heavy atom. The minimum Gasteiger partial charge on any atom is -0.472 e. The zero-order chi connectivity index (χ0) is 11.1. The maximum absolute atomic E-state index is 11.4. The van der Waals surface area contributed by atoms with Crippen LogP contribution in [0.15, 0.2) is 23.0 Å². The van der Waals surface area contributed by atoms with Gasteiger partial charge in [0.25, 0.3) is 17.4 Å². The third-order valence-corrected chi connectivity index (χ3v) is 2.05. The van der Waals surface area contributed by atoms with E-state index in [1.54, 1.807) is 10.6 Å². The SMILES string of the molecule is O=C1NC(=O)C(O)(c2ccoc2)C(=O)N1. The highest BCUT2D eigenvalue weighted by atomic mass is 16.3. The quantitative estimate of drug-likeness (QED) is 0.506. The van der Waals surface area contributed by atoms with E-state index < -0.39 is 23.4 Å². The monoisotopic (exact) mass is 210 g/mol. The van der Waals surface area contributed by atoms with Crippen LogP contribution in [0.25, 0.3) is 0 Å². The summed E-state index contributed by atoms with van der Waals surface area (Å²) in [6, 6.07) is 0.299. The predicted octanol–water partition coefficient (Wildman–Crippen LogP) is -1.17. The number of aliphatic hydroxyl groups is 1. The summed E-state index contributed by atoms with van der Waals surface area (Å²) in [6.07, 6.45) is 2.25. The lowest BCUT2D eigenvalue weighted by molar-refractivity contribution is -0.155. The van der Waals surface area contributed by atoms with Crippen LogP contribution >= 0.6 is 0 Å². The van der Waals surface area contributed by atoms with Crippen molar-refractivity contribution < 1.29 is 23.9 Å². The topological polar surface area (TPSA) is 109 Å². The number of urea groups is 1. The second-order valence-corrected chi connectivity index (χ2v) is 2.96. The van der Waals surface area contributed by atoms with Gasteiger partial charge in [-0.2, -0.15) is 0 Å². The molecule has 15 heavy (non-hydrogen) atoms. The first-order valence-corrected chi connectivity index (χ1v) is 3.97. The molecular weight excluding hydrogens is 204 g/mol. The number of carbonyl (C=O) groups excluding carboxylic acids is 3. The zero-order valence-electron chi connectivity index (χ0n) is 7.31.